The van der Waals surface area contributed by atoms with Crippen molar-refractivity contribution < 1.29 is 27.1 Å². The smallest absolute Gasteiger partial charge is 0.161 e. The largest absolute Gasteiger partial charge is 0.386 e. The predicted octanol–water partition coefficient (Wildman–Crippen LogP) is 3.53. The van der Waals surface area contributed by atoms with Crippen LogP contribution in [0.1, 0.15) is 11.7 Å². The van der Waals surface area contributed by atoms with Crippen molar-refractivity contribution in [1.82, 2.24) is 0 Å². The highest BCUT2D eigenvalue weighted by Gasteiger charge is 2.15. The molecule has 0 aliphatic rings. The predicted molar refractivity (Wildman–Crippen MR) is 66.1 cm³/mol. The molecule has 0 fully saturated rings. The van der Waals surface area contributed by atoms with Gasteiger partial charge in [-0.3, -0.25) is 0 Å². The van der Waals surface area contributed by atoms with Gasteiger partial charge in [-0.1, -0.05) is 6.07 Å². The Balaban J connectivity index is 2.11. The van der Waals surface area contributed by atoms with E-state index in [-0.39, 0.29) is 17.8 Å². The number of anilines is 1. The van der Waals surface area contributed by atoms with Gasteiger partial charge in [-0.05, 0) is 6.07 Å². The Hall–Kier alpha value is -2.15. The Morgan fingerprint density at radius 3 is 2.19 bits per heavy atom. The number of aliphatic hydroxyl groups excluding tert-OH is 1. The standard InChI is InChI=1S/C14H10F5NO/c15-7-1-2-8(9(16)3-7)14(21)6-20-13-5-11(18)10(17)4-12(13)19/h1-5,14,20-21H,6H2. The third kappa shape index (κ3) is 3.49. The van der Waals surface area contributed by atoms with Crippen molar-refractivity contribution in [2.45, 2.75) is 6.10 Å². The Labute approximate surface area is 116 Å². The number of rotatable bonds is 4. The van der Waals surface area contributed by atoms with Crippen LogP contribution in [-0.4, -0.2) is 11.7 Å². The summed E-state index contributed by atoms with van der Waals surface area (Å²) in [6, 6.07) is 3.52. The van der Waals surface area contributed by atoms with Crippen LogP contribution in [-0.2, 0) is 0 Å². The van der Waals surface area contributed by atoms with Crippen molar-refractivity contribution in [3.63, 3.8) is 0 Å². The van der Waals surface area contributed by atoms with Crippen LogP contribution < -0.4 is 5.32 Å². The number of hydrogen-bond donors (Lipinski definition) is 2. The Morgan fingerprint density at radius 2 is 1.52 bits per heavy atom. The first-order valence-electron chi connectivity index (χ1n) is 5.90. The monoisotopic (exact) mass is 303 g/mol. The zero-order chi connectivity index (χ0) is 15.6. The molecule has 2 nitrogen and oxygen atoms in total. The number of hydrogen-bond acceptors (Lipinski definition) is 2. The Bertz CT molecular complexity index is 662. The summed E-state index contributed by atoms with van der Waals surface area (Å²) < 4.78 is 65.2. The highest BCUT2D eigenvalue weighted by molar-refractivity contribution is 5.45. The fourth-order valence-electron chi connectivity index (χ4n) is 1.75. The average molecular weight is 303 g/mol. The van der Waals surface area contributed by atoms with E-state index < -0.39 is 35.2 Å². The molecule has 0 aromatic heterocycles. The van der Waals surface area contributed by atoms with Gasteiger partial charge in [0.2, 0.25) is 0 Å². The van der Waals surface area contributed by atoms with Gasteiger partial charge in [0.1, 0.15) is 17.5 Å². The van der Waals surface area contributed by atoms with Gasteiger partial charge in [-0.25, -0.2) is 22.0 Å². The van der Waals surface area contributed by atoms with Crippen molar-refractivity contribution >= 4 is 5.69 Å². The first kappa shape index (κ1) is 15.2. The van der Waals surface area contributed by atoms with Gasteiger partial charge in [0.25, 0.3) is 0 Å². The van der Waals surface area contributed by atoms with E-state index in [1.807, 2.05) is 0 Å². The van der Waals surface area contributed by atoms with Crippen molar-refractivity contribution in [2.75, 3.05) is 11.9 Å². The highest BCUT2D eigenvalue weighted by Crippen LogP contribution is 2.22. The molecule has 1 atom stereocenters. The zero-order valence-corrected chi connectivity index (χ0v) is 10.5. The lowest BCUT2D eigenvalue weighted by molar-refractivity contribution is 0.186. The first-order chi connectivity index (χ1) is 9.88. The number of benzene rings is 2. The molecule has 1 unspecified atom stereocenters. The minimum atomic E-state index is -1.42. The van der Waals surface area contributed by atoms with Crippen LogP contribution in [0.4, 0.5) is 27.6 Å². The third-order valence-corrected chi connectivity index (χ3v) is 2.82. The highest BCUT2D eigenvalue weighted by atomic mass is 19.2. The minimum Gasteiger partial charge on any atom is -0.386 e. The van der Waals surface area contributed by atoms with Gasteiger partial charge in [-0.15, -0.1) is 0 Å². The number of nitrogens with one attached hydrogen (secondary N) is 1. The van der Waals surface area contributed by atoms with Gasteiger partial charge in [0, 0.05) is 30.3 Å². The van der Waals surface area contributed by atoms with Crippen LogP contribution in [0.3, 0.4) is 0 Å². The van der Waals surface area contributed by atoms with Gasteiger partial charge >= 0.3 is 0 Å². The van der Waals surface area contributed by atoms with Crippen molar-refractivity contribution in [1.29, 1.82) is 0 Å². The molecule has 0 heterocycles. The molecule has 0 amide bonds. The van der Waals surface area contributed by atoms with E-state index in [0.717, 1.165) is 12.1 Å². The van der Waals surface area contributed by atoms with Gasteiger partial charge < -0.3 is 10.4 Å². The molecular formula is C14H10F5NO. The number of halogens is 5. The zero-order valence-electron chi connectivity index (χ0n) is 10.5. The Kier molecular flexibility index (Phi) is 4.42. The molecule has 21 heavy (non-hydrogen) atoms. The fraction of sp³-hybridized carbons (Fsp3) is 0.143. The summed E-state index contributed by atoms with van der Waals surface area (Å²) in [6.45, 7) is -0.370. The van der Waals surface area contributed by atoms with E-state index in [0.29, 0.717) is 18.2 Å². The molecule has 2 N–H and O–H groups in total. The molecule has 0 saturated heterocycles. The van der Waals surface area contributed by atoms with Crippen LogP contribution >= 0.6 is 0 Å². The lowest BCUT2D eigenvalue weighted by Gasteiger charge is -2.14. The lowest BCUT2D eigenvalue weighted by Crippen LogP contribution is -2.14. The molecule has 0 bridgehead atoms. The van der Waals surface area contributed by atoms with E-state index in [4.69, 9.17) is 0 Å². The van der Waals surface area contributed by atoms with Crippen LogP contribution in [0.15, 0.2) is 30.3 Å². The maximum absolute atomic E-state index is 13.4. The number of aliphatic hydroxyl groups is 1. The minimum absolute atomic E-state index is 0.202. The van der Waals surface area contributed by atoms with E-state index in [1.165, 1.54) is 0 Å². The van der Waals surface area contributed by atoms with E-state index in [2.05, 4.69) is 5.32 Å². The fourth-order valence-corrected chi connectivity index (χ4v) is 1.75. The van der Waals surface area contributed by atoms with Crippen molar-refractivity contribution in [3.8, 4) is 0 Å². The quantitative estimate of drug-likeness (QED) is 0.669. The average Bonchev–Trinajstić information content (AvgIpc) is 2.41. The SMILES string of the molecule is OC(CNc1cc(F)c(F)cc1F)c1ccc(F)cc1F. The van der Waals surface area contributed by atoms with E-state index >= 15 is 0 Å². The maximum atomic E-state index is 13.4. The molecule has 0 saturated carbocycles. The summed E-state index contributed by atoms with van der Waals surface area (Å²) in [6.07, 6.45) is -1.42. The van der Waals surface area contributed by atoms with Crippen LogP contribution in [0.5, 0.6) is 0 Å². The van der Waals surface area contributed by atoms with Crippen LogP contribution in [0, 0.1) is 29.1 Å². The van der Waals surface area contributed by atoms with Gasteiger partial charge in [-0.2, -0.15) is 0 Å². The molecule has 0 aliphatic heterocycles. The maximum Gasteiger partial charge on any atom is 0.161 e. The first-order valence-corrected chi connectivity index (χ1v) is 5.90. The van der Waals surface area contributed by atoms with E-state index in [1.54, 1.807) is 0 Å². The van der Waals surface area contributed by atoms with Crippen LogP contribution in [0.2, 0.25) is 0 Å². The normalized spacial score (nSPS) is 12.3. The van der Waals surface area contributed by atoms with Gasteiger partial charge in [0.05, 0.1) is 11.8 Å². The van der Waals surface area contributed by atoms with Crippen molar-refractivity contribution in [3.05, 3.63) is 65.0 Å². The second-order valence-corrected chi connectivity index (χ2v) is 4.31. The molecule has 112 valence electrons. The molecule has 0 aliphatic carbocycles. The van der Waals surface area contributed by atoms with Gasteiger partial charge in [0.15, 0.2) is 11.6 Å². The summed E-state index contributed by atoms with van der Waals surface area (Å²) in [5.74, 6) is -5.43. The summed E-state index contributed by atoms with van der Waals surface area (Å²) in [7, 11) is 0. The van der Waals surface area contributed by atoms with Crippen LogP contribution in [0.25, 0.3) is 0 Å². The summed E-state index contributed by atoms with van der Waals surface area (Å²) >= 11 is 0. The van der Waals surface area contributed by atoms with Crippen molar-refractivity contribution in [2.24, 2.45) is 0 Å². The molecular weight excluding hydrogens is 293 g/mol. The summed E-state index contributed by atoms with van der Waals surface area (Å²) in [4.78, 5) is 0. The molecule has 0 radical (unpaired) electrons. The third-order valence-electron chi connectivity index (χ3n) is 2.82. The Morgan fingerprint density at radius 1 is 0.857 bits per heavy atom. The molecule has 2 aromatic rings. The molecule has 2 aromatic carbocycles. The second kappa shape index (κ2) is 6.09. The second-order valence-electron chi connectivity index (χ2n) is 4.31. The topological polar surface area (TPSA) is 32.3 Å². The molecule has 0 spiro atoms. The van der Waals surface area contributed by atoms with E-state index in [9.17, 15) is 27.1 Å². The lowest BCUT2D eigenvalue weighted by atomic mass is 10.1. The summed E-state index contributed by atoms with van der Waals surface area (Å²) in [5, 5.41) is 12.1. The summed E-state index contributed by atoms with van der Waals surface area (Å²) in [5.41, 5.74) is -0.581. The molecule has 7 heteroatoms. The molecule has 2 rings (SSSR count).